The maximum absolute atomic E-state index is 14.0. The number of halogens is 5. The van der Waals surface area contributed by atoms with Crippen LogP contribution in [0.25, 0.3) is 17.1 Å². The van der Waals surface area contributed by atoms with Gasteiger partial charge in [0.15, 0.2) is 17.5 Å². The smallest absolute Gasteiger partial charge is 0.295 e. The number of rotatable bonds is 2. The Morgan fingerprint density at radius 1 is 1.12 bits per heavy atom. The molecule has 0 aliphatic carbocycles. The first kappa shape index (κ1) is 16.9. The van der Waals surface area contributed by atoms with Gasteiger partial charge < -0.3 is 0 Å². The highest BCUT2D eigenvalue weighted by Gasteiger charge is 2.28. The number of benzene rings is 2. The average Bonchev–Trinajstić information content (AvgIpc) is 3.17. The number of fused-ring (bicyclic) bond motifs is 1. The normalized spacial score (nSPS) is 13.0. The Morgan fingerprint density at radius 2 is 1.88 bits per heavy atom. The minimum Gasteiger partial charge on any atom is -0.295 e. The average molecular weight is 400 g/mol. The molecule has 0 atom stereocenters. The van der Waals surface area contributed by atoms with Crippen LogP contribution in [-0.2, 0) is 6.42 Å². The molecule has 0 saturated heterocycles. The highest BCUT2D eigenvalue weighted by molar-refractivity contribution is 6.66. The van der Waals surface area contributed by atoms with Crippen LogP contribution < -0.4 is 5.76 Å². The van der Waals surface area contributed by atoms with Crippen molar-refractivity contribution in [2.24, 2.45) is 4.99 Å². The van der Waals surface area contributed by atoms with Crippen LogP contribution in [0.2, 0.25) is 5.02 Å². The Labute approximate surface area is 153 Å². The van der Waals surface area contributed by atoms with E-state index in [2.05, 4.69) is 14.7 Å². The molecular weight excluding hydrogens is 394 g/mol. The van der Waals surface area contributed by atoms with E-state index in [0.29, 0.717) is 0 Å². The molecule has 2 heterocycles. The van der Waals surface area contributed by atoms with Crippen molar-refractivity contribution in [1.82, 2.24) is 9.72 Å². The molecule has 2 aromatic carbocycles. The van der Waals surface area contributed by atoms with E-state index in [1.807, 2.05) is 0 Å². The molecule has 26 heavy (non-hydrogen) atoms. The predicted molar refractivity (Wildman–Crippen MR) is 89.1 cm³/mol. The molecule has 5 nitrogen and oxygen atoms in total. The Morgan fingerprint density at radius 3 is 2.62 bits per heavy atom. The zero-order chi connectivity index (χ0) is 18.6. The van der Waals surface area contributed by atoms with E-state index in [0.717, 1.165) is 16.7 Å². The number of nitrogens with zero attached hydrogens (tertiary/aromatic N) is 3. The first-order chi connectivity index (χ1) is 12.4. The van der Waals surface area contributed by atoms with Crippen molar-refractivity contribution in [3.63, 3.8) is 0 Å². The molecule has 0 unspecified atom stereocenters. The van der Waals surface area contributed by atoms with Crippen LogP contribution in [0, 0.1) is 17.5 Å². The quantitative estimate of drug-likeness (QED) is 0.641. The Kier molecular flexibility index (Phi) is 3.89. The van der Waals surface area contributed by atoms with Gasteiger partial charge in [0, 0.05) is 12.0 Å². The second-order valence-corrected chi connectivity index (χ2v) is 6.26. The van der Waals surface area contributed by atoms with Gasteiger partial charge in [-0.25, -0.2) is 27.5 Å². The first-order valence-corrected chi connectivity index (χ1v) is 7.91. The van der Waals surface area contributed by atoms with Crippen molar-refractivity contribution < 1.29 is 17.7 Å². The Bertz CT molecular complexity index is 1150. The molecule has 1 aliphatic rings. The van der Waals surface area contributed by atoms with Gasteiger partial charge in [-0.2, -0.15) is 0 Å². The zero-order valence-electron chi connectivity index (χ0n) is 12.6. The molecule has 0 N–H and O–H groups in total. The summed E-state index contributed by atoms with van der Waals surface area (Å²) in [5.74, 6) is -4.05. The fourth-order valence-corrected chi connectivity index (χ4v) is 3.12. The summed E-state index contributed by atoms with van der Waals surface area (Å²) < 4.78 is 47.0. The van der Waals surface area contributed by atoms with E-state index in [4.69, 9.17) is 23.2 Å². The molecule has 0 fully saturated rings. The summed E-state index contributed by atoms with van der Waals surface area (Å²) in [5.41, 5.74) is 0.207. The summed E-state index contributed by atoms with van der Waals surface area (Å²) in [4.78, 5) is 15.9. The fraction of sp³-hybridized carbons (Fsp3) is 0.0625. The van der Waals surface area contributed by atoms with Gasteiger partial charge in [-0.3, -0.25) is 4.52 Å². The molecule has 0 saturated carbocycles. The van der Waals surface area contributed by atoms with Gasteiger partial charge in [-0.05, 0) is 29.8 Å². The molecule has 0 spiro atoms. The molecule has 132 valence electrons. The number of hydrogen-bond acceptors (Lipinski definition) is 4. The van der Waals surface area contributed by atoms with Gasteiger partial charge in [-0.15, -0.1) is 0 Å². The number of aliphatic imine (C=N–C) groups is 1. The van der Waals surface area contributed by atoms with Crippen LogP contribution in [0.5, 0.6) is 0 Å². The van der Waals surface area contributed by atoms with Gasteiger partial charge in [-0.1, -0.05) is 28.4 Å². The van der Waals surface area contributed by atoms with Gasteiger partial charge in [0.25, 0.3) is 0 Å². The lowest BCUT2D eigenvalue weighted by Crippen LogP contribution is -2.14. The van der Waals surface area contributed by atoms with Crippen molar-refractivity contribution in [3.8, 4) is 17.1 Å². The molecule has 4 rings (SSSR count). The van der Waals surface area contributed by atoms with Gasteiger partial charge in [0.05, 0.1) is 10.7 Å². The molecule has 1 aromatic heterocycles. The maximum Gasteiger partial charge on any atom is 0.446 e. The van der Waals surface area contributed by atoms with Crippen molar-refractivity contribution in [2.45, 2.75) is 6.42 Å². The number of hydrogen-bond donors (Lipinski definition) is 0. The second-order valence-electron chi connectivity index (χ2n) is 5.42. The van der Waals surface area contributed by atoms with Crippen molar-refractivity contribution in [2.75, 3.05) is 0 Å². The lowest BCUT2D eigenvalue weighted by molar-refractivity contribution is 0.383. The summed E-state index contributed by atoms with van der Waals surface area (Å²) in [6.07, 6.45) is 0.0364. The second kappa shape index (κ2) is 6.00. The summed E-state index contributed by atoms with van der Waals surface area (Å²) in [6, 6.07) is 4.38. The molecule has 0 amide bonds. The van der Waals surface area contributed by atoms with Crippen molar-refractivity contribution in [1.29, 1.82) is 0 Å². The standard InChI is InChI=1S/C16H6Cl2F3N3O2/c17-9-3-6(1-2-10(9)19)24-15(23-26-16(24)25)8-4-11(20)13(21)14-7(8)5-12(18)22-14/h1-4H,5H2. The third-order valence-corrected chi connectivity index (χ3v) is 4.37. The minimum atomic E-state index is -1.19. The fourth-order valence-electron chi connectivity index (χ4n) is 2.72. The highest BCUT2D eigenvalue weighted by Crippen LogP contribution is 2.39. The zero-order valence-corrected chi connectivity index (χ0v) is 14.1. The monoisotopic (exact) mass is 399 g/mol. The van der Waals surface area contributed by atoms with E-state index in [1.165, 1.54) is 12.1 Å². The predicted octanol–water partition coefficient (Wildman–Crippen LogP) is 4.39. The molecule has 3 aromatic rings. The van der Waals surface area contributed by atoms with Crippen LogP contribution in [0.1, 0.15) is 5.56 Å². The summed E-state index contributed by atoms with van der Waals surface area (Å²) in [6.45, 7) is 0. The first-order valence-electron chi connectivity index (χ1n) is 7.15. The largest absolute Gasteiger partial charge is 0.446 e. The molecule has 0 bridgehead atoms. The van der Waals surface area contributed by atoms with Crippen LogP contribution in [-0.4, -0.2) is 14.9 Å². The number of aromatic nitrogens is 2. The SMILES string of the molecule is O=c1onc(-c2cc(F)c(F)c3c2CC(Cl)=N3)n1-c1ccc(F)c(Cl)c1. The Hall–Kier alpha value is -2.58. The van der Waals surface area contributed by atoms with E-state index in [1.54, 1.807) is 0 Å². The van der Waals surface area contributed by atoms with E-state index >= 15 is 0 Å². The summed E-state index contributed by atoms with van der Waals surface area (Å²) in [5, 5.41) is 3.47. The molecular formula is C16H6Cl2F3N3O2. The minimum absolute atomic E-state index is 0.0364. The van der Waals surface area contributed by atoms with Gasteiger partial charge >= 0.3 is 5.76 Å². The van der Waals surface area contributed by atoms with Crippen molar-refractivity contribution >= 4 is 34.1 Å². The van der Waals surface area contributed by atoms with E-state index < -0.39 is 23.2 Å². The molecule has 10 heteroatoms. The van der Waals surface area contributed by atoms with Crippen LogP contribution in [0.4, 0.5) is 18.9 Å². The van der Waals surface area contributed by atoms with E-state index in [9.17, 15) is 18.0 Å². The Balaban J connectivity index is 1.98. The maximum atomic E-state index is 14.0. The lowest BCUT2D eigenvalue weighted by Gasteiger charge is -2.10. The van der Waals surface area contributed by atoms with E-state index in [-0.39, 0.29) is 44.9 Å². The van der Waals surface area contributed by atoms with Crippen LogP contribution in [0.15, 0.2) is 38.6 Å². The topological polar surface area (TPSA) is 60.4 Å². The summed E-state index contributed by atoms with van der Waals surface area (Å²) in [7, 11) is 0. The highest BCUT2D eigenvalue weighted by atomic mass is 35.5. The van der Waals surface area contributed by atoms with Gasteiger partial charge in [0.1, 0.15) is 16.7 Å². The summed E-state index contributed by atoms with van der Waals surface area (Å²) >= 11 is 11.6. The molecule has 0 radical (unpaired) electrons. The van der Waals surface area contributed by atoms with Gasteiger partial charge in [0.2, 0.25) is 0 Å². The van der Waals surface area contributed by atoms with Crippen molar-refractivity contribution in [3.05, 3.63) is 62.9 Å². The molecule has 1 aliphatic heterocycles. The third-order valence-electron chi connectivity index (χ3n) is 3.86. The third kappa shape index (κ3) is 2.53. The van der Waals surface area contributed by atoms with Crippen LogP contribution >= 0.6 is 23.2 Å². The van der Waals surface area contributed by atoms with Crippen LogP contribution in [0.3, 0.4) is 0 Å². The lowest BCUT2D eigenvalue weighted by atomic mass is 10.0.